The zero-order valence-corrected chi connectivity index (χ0v) is 14.1. The number of pyridine rings is 1. The van der Waals surface area contributed by atoms with Crippen LogP contribution >= 0.6 is 0 Å². The van der Waals surface area contributed by atoms with E-state index in [0.29, 0.717) is 6.54 Å². The van der Waals surface area contributed by atoms with Crippen LogP contribution in [-0.2, 0) is 10.0 Å². The van der Waals surface area contributed by atoms with Gasteiger partial charge in [0.05, 0.1) is 5.75 Å². The van der Waals surface area contributed by atoms with E-state index < -0.39 is 10.0 Å². The van der Waals surface area contributed by atoms with Gasteiger partial charge in [0.2, 0.25) is 10.0 Å². The van der Waals surface area contributed by atoms with Crippen molar-refractivity contribution >= 4 is 10.0 Å². The number of hydrogen-bond acceptors (Lipinski definition) is 3. The van der Waals surface area contributed by atoms with E-state index in [1.165, 1.54) is 0 Å². The van der Waals surface area contributed by atoms with Gasteiger partial charge < -0.3 is 0 Å². The Kier molecular flexibility index (Phi) is 5.04. The Hall–Kier alpha value is -0.940. The second-order valence-corrected chi connectivity index (χ2v) is 9.07. The average Bonchev–Trinajstić information content (AvgIpc) is 2.88. The van der Waals surface area contributed by atoms with Crippen LogP contribution in [0, 0.1) is 5.41 Å². The molecule has 0 aliphatic carbocycles. The lowest BCUT2D eigenvalue weighted by atomic mass is 9.91. The van der Waals surface area contributed by atoms with Crippen molar-refractivity contribution in [2.75, 3.05) is 12.3 Å². The maximum Gasteiger partial charge on any atom is 0.214 e. The molecule has 4 nitrogen and oxygen atoms in total. The zero-order valence-electron chi connectivity index (χ0n) is 13.2. The molecule has 2 rings (SSSR count). The maximum atomic E-state index is 12.6. The first-order valence-electron chi connectivity index (χ1n) is 7.69. The lowest BCUT2D eigenvalue weighted by Crippen LogP contribution is -2.33. The Morgan fingerprint density at radius 2 is 1.95 bits per heavy atom. The van der Waals surface area contributed by atoms with Crippen molar-refractivity contribution in [3.05, 3.63) is 30.1 Å². The highest BCUT2D eigenvalue weighted by atomic mass is 32.2. The molecule has 0 saturated carbocycles. The fourth-order valence-corrected chi connectivity index (χ4v) is 4.66. The summed E-state index contributed by atoms with van der Waals surface area (Å²) in [5.41, 5.74) is 1.24. The molecule has 1 fully saturated rings. The predicted octanol–water partition coefficient (Wildman–Crippen LogP) is 3.37. The van der Waals surface area contributed by atoms with Crippen LogP contribution < -0.4 is 0 Å². The normalized spacial score (nSPS) is 20.8. The van der Waals surface area contributed by atoms with E-state index >= 15 is 0 Å². The lowest BCUT2D eigenvalue weighted by molar-refractivity contribution is 0.365. The van der Waals surface area contributed by atoms with Crippen LogP contribution in [0.3, 0.4) is 0 Å². The molecule has 118 valence electrons. The molecule has 1 unspecified atom stereocenters. The van der Waals surface area contributed by atoms with Crippen LogP contribution in [0.4, 0.5) is 0 Å². The van der Waals surface area contributed by atoms with E-state index in [0.717, 1.165) is 31.2 Å². The monoisotopic (exact) mass is 310 g/mol. The minimum Gasteiger partial charge on any atom is -0.265 e. The highest BCUT2D eigenvalue weighted by Crippen LogP contribution is 2.34. The zero-order chi connectivity index (χ0) is 15.5. The Labute approximate surface area is 128 Å². The van der Waals surface area contributed by atoms with Crippen molar-refractivity contribution in [2.45, 2.75) is 52.5 Å². The van der Waals surface area contributed by atoms with Gasteiger partial charge in [-0.25, -0.2) is 8.42 Å². The molecule has 0 radical (unpaired) electrons. The molecule has 21 heavy (non-hydrogen) atoms. The molecule has 5 heteroatoms. The Morgan fingerprint density at radius 3 is 2.57 bits per heavy atom. The summed E-state index contributed by atoms with van der Waals surface area (Å²) >= 11 is 0. The average molecular weight is 310 g/mol. The van der Waals surface area contributed by atoms with Gasteiger partial charge in [-0.3, -0.25) is 4.98 Å². The summed E-state index contributed by atoms with van der Waals surface area (Å²) in [5.74, 6) is 0.256. The molecule has 2 heterocycles. The molecule has 1 aliphatic heterocycles. The first kappa shape index (κ1) is 16.4. The van der Waals surface area contributed by atoms with Gasteiger partial charge in [-0.05, 0) is 48.8 Å². The Balaban J connectivity index is 2.05. The van der Waals surface area contributed by atoms with Gasteiger partial charge in [0.1, 0.15) is 0 Å². The summed E-state index contributed by atoms with van der Waals surface area (Å²) in [6.07, 6.45) is 6.97. The van der Waals surface area contributed by atoms with Crippen molar-refractivity contribution in [2.24, 2.45) is 5.41 Å². The molecule has 1 aliphatic rings. The van der Waals surface area contributed by atoms with Crippen molar-refractivity contribution in [1.82, 2.24) is 9.29 Å². The molecule has 0 bridgehead atoms. The van der Waals surface area contributed by atoms with Gasteiger partial charge in [-0.2, -0.15) is 4.31 Å². The first-order valence-corrected chi connectivity index (χ1v) is 9.30. The first-order chi connectivity index (χ1) is 9.80. The van der Waals surface area contributed by atoms with Crippen LogP contribution in [0.25, 0.3) is 0 Å². The van der Waals surface area contributed by atoms with E-state index in [1.54, 1.807) is 16.7 Å². The second-order valence-electron chi connectivity index (χ2n) is 7.03. The number of hydrogen-bond donors (Lipinski definition) is 0. The van der Waals surface area contributed by atoms with Crippen molar-refractivity contribution in [1.29, 1.82) is 0 Å². The maximum absolute atomic E-state index is 12.6. The molecule has 1 atom stereocenters. The van der Waals surface area contributed by atoms with Gasteiger partial charge in [-0.15, -0.1) is 0 Å². The number of rotatable bonds is 5. The van der Waals surface area contributed by atoms with Gasteiger partial charge in [0, 0.05) is 25.0 Å². The van der Waals surface area contributed by atoms with Crippen LogP contribution in [0.5, 0.6) is 0 Å². The molecule has 1 aromatic heterocycles. The van der Waals surface area contributed by atoms with Gasteiger partial charge in [0.25, 0.3) is 0 Å². The molecule has 0 aromatic carbocycles. The second kappa shape index (κ2) is 6.44. The van der Waals surface area contributed by atoms with Crippen molar-refractivity contribution in [3.63, 3.8) is 0 Å². The lowest BCUT2D eigenvalue weighted by Gasteiger charge is -2.25. The molecular formula is C16H26N2O2S. The summed E-state index contributed by atoms with van der Waals surface area (Å²) < 4.78 is 26.9. The molecule has 0 spiro atoms. The minimum atomic E-state index is -3.17. The van der Waals surface area contributed by atoms with E-state index in [-0.39, 0.29) is 17.2 Å². The van der Waals surface area contributed by atoms with Gasteiger partial charge in [0.15, 0.2) is 0 Å². The molecular weight excluding hydrogens is 284 g/mol. The van der Waals surface area contributed by atoms with Crippen LogP contribution in [-0.4, -0.2) is 30.0 Å². The summed E-state index contributed by atoms with van der Waals surface area (Å²) in [6.45, 7) is 7.09. The molecule has 0 amide bonds. The predicted molar refractivity (Wildman–Crippen MR) is 85.4 cm³/mol. The summed E-state index contributed by atoms with van der Waals surface area (Å²) in [7, 11) is -3.17. The number of nitrogens with zero attached hydrogens (tertiary/aromatic N) is 2. The third kappa shape index (κ3) is 4.51. The summed E-state index contributed by atoms with van der Waals surface area (Å²) in [6, 6.07) is 3.84. The van der Waals surface area contributed by atoms with Crippen LogP contribution in [0.2, 0.25) is 0 Å². The summed E-state index contributed by atoms with van der Waals surface area (Å²) in [4.78, 5) is 4.01. The Bertz CT molecular complexity index is 549. The topological polar surface area (TPSA) is 50.3 Å². The minimum absolute atomic E-state index is 0.00682. The highest BCUT2D eigenvalue weighted by Gasteiger charge is 2.34. The number of sulfonamides is 1. The van der Waals surface area contributed by atoms with E-state index in [9.17, 15) is 8.42 Å². The van der Waals surface area contributed by atoms with Crippen molar-refractivity contribution in [3.8, 4) is 0 Å². The SMILES string of the molecule is CC(C)(C)CCCS(=O)(=O)N1CCCC1c1ccncc1. The van der Waals surface area contributed by atoms with Crippen LogP contribution in [0.1, 0.15) is 58.1 Å². The largest absolute Gasteiger partial charge is 0.265 e. The highest BCUT2D eigenvalue weighted by molar-refractivity contribution is 7.89. The van der Waals surface area contributed by atoms with E-state index in [1.807, 2.05) is 12.1 Å². The summed E-state index contributed by atoms with van der Waals surface area (Å²) in [5, 5.41) is 0. The quantitative estimate of drug-likeness (QED) is 0.838. The molecule has 1 saturated heterocycles. The van der Waals surface area contributed by atoms with Gasteiger partial charge >= 0.3 is 0 Å². The standard InChI is InChI=1S/C16H26N2O2S/c1-16(2,3)9-5-13-21(19,20)18-12-4-6-15(18)14-7-10-17-11-8-14/h7-8,10-11,15H,4-6,9,12-13H2,1-3H3. The van der Waals surface area contributed by atoms with Crippen molar-refractivity contribution < 1.29 is 8.42 Å². The van der Waals surface area contributed by atoms with Crippen LogP contribution in [0.15, 0.2) is 24.5 Å². The molecule has 0 N–H and O–H groups in total. The Morgan fingerprint density at radius 1 is 1.29 bits per heavy atom. The third-order valence-corrected chi connectivity index (χ3v) is 5.94. The van der Waals surface area contributed by atoms with E-state index in [2.05, 4.69) is 25.8 Å². The molecule has 1 aromatic rings. The number of aromatic nitrogens is 1. The smallest absolute Gasteiger partial charge is 0.214 e. The van der Waals surface area contributed by atoms with E-state index in [4.69, 9.17) is 0 Å². The fraction of sp³-hybridized carbons (Fsp3) is 0.688. The fourth-order valence-electron chi connectivity index (χ4n) is 2.89. The van der Waals surface area contributed by atoms with Gasteiger partial charge in [-0.1, -0.05) is 20.8 Å². The third-order valence-electron chi connectivity index (χ3n) is 3.98.